The molecule has 3 atom stereocenters. The first-order valence-electron chi connectivity index (χ1n) is 8.76. The van der Waals surface area contributed by atoms with Crippen LogP contribution in [0.25, 0.3) is 0 Å². The van der Waals surface area contributed by atoms with Gasteiger partial charge in [-0.3, -0.25) is 9.59 Å². The standard InChI is InChI=1S/C21H21F2NO2/c1-3-14(15-7-5-4-6-12(15)2)20(25)19-16(11-24-21(19)26)13-8-9-17(22)18(23)10-13/h4-10,14,16,19H,3,11H2,1-2H3,(H,24,26). The number of nitrogens with one attached hydrogen (secondary N) is 1. The molecule has 1 N–H and O–H groups in total. The van der Waals surface area contributed by atoms with Crippen LogP contribution in [-0.4, -0.2) is 18.2 Å². The molecule has 1 amide bonds. The van der Waals surface area contributed by atoms with E-state index in [2.05, 4.69) is 5.32 Å². The molecule has 1 aliphatic heterocycles. The summed E-state index contributed by atoms with van der Waals surface area (Å²) in [4.78, 5) is 25.6. The molecule has 0 aliphatic carbocycles. The molecule has 3 rings (SSSR count). The van der Waals surface area contributed by atoms with Gasteiger partial charge in [-0.05, 0) is 42.2 Å². The van der Waals surface area contributed by atoms with Gasteiger partial charge in [0.05, 0.1) is 0 Å². The molecule has 0 saturated carbocycles. The Kier molecular flexibility index (Phi) is 5.16. The van der Waals surface area contributed by atoms with Crippen LogP contribution in [0.15, 0.2) is 42.5 Å². The van der Waals surface area contributed by atoms with Crippen molar-refractivity contribution in [2.24, 2.45) is 5.92 Å². The van der Waals surface area contributed by atoms with Crippen molar-refractivity contribution in [2.45, 2.75) is 32.1 Å². The molecule has 0 aromatic heterocycles. The van der Waals surface area contributed by atoms with E-state index in [0.717, 1.165) is 23.3 Å². The zero-order valence-corrected chi connectivity index (χ0v) is 14.8. The first-order chi connectivity index (χ1) is 12.4. The van der Waals surface area contributed by atoms with Gasteiger partial charge in [-0.1, -0.05) is 37.3 Å². The number of carbonyl (C=O) groups excluding carboxylic acids is 2. The van der Waals surface area contributed by atoms with Crippen molar-refractivity contribution in [1.82, 2.24) is 5.32 Å². The molecule has 3 unspecified atom stereocenters. The van der Waals surface area contributed by atoms with Crippen LogP contribution >= 0.6 is 0 Å². The summed E-state index contributed by atoms with van der Waals surface area (Å²) in [6, 6.07) is 11.2. The minimum Gasteiger partial charge on any atom is -0.355 e. The maximum Gasteiger partial charge on any atom is 0.231 e. The van der Waals surface area contributed by atoms with E-state index < -0.39 is 29.4 Å². The molecule has 1 fully saturated rings. The number of amides is 1. The van der Waals surface area contributed by atoms with Gasteiger partial charge < -0.3 is 5.32 Å². The van der Waals surface area contributed by atoms with Gasteiger partial charge >= 0.3 is 0 Å². The van der Waals surface area contributed by atoms with Crippen LogP contribution < -0.4 is 5.32 Å². The molecular formula is C21H21F2NO2. The van der Waals surface area contributed by atoms with Crippen LogP contribution in [0.1, 0.15) is 41.9 Å². The average Bonchev–Trinajstić information content (AvgIpc) is 3.01. The number of ketones is 1. The molecule has 1 aliphatic rings. The predicted molar refractivity (Wildman–Crippen MR) is 94.8 cm³/mol. The number of rotatable bonds is 5. The molecule has 1 saturated heterocycles. The van der Waals surface area contributed by atoms with Crippen molar-refractivity contribution in [3.8, 4) is 0 Å². The van der Waals surface area contributed by atoms with E-state index in [1.54, 1.807) is 0 Å². The molecule has 0 spiro atoms. The summed E-state index contributed by atoms with van der Waals surface area (Å²) >= 11 is 0. The largest absolute Gasteiger partial charge is 0.355 e. The zero-order chi connectivity index (χ0) is 18.8. The van der Waals surface area contributed by atoms with Crippen molar-refractivity contribution in [2.75, 3.05) is 6.54 Å². The Morgan fingerprint density at radius 3 is 2.58 bits per heavy atom. The second kappa shape index (κ2) is 7.36. The van der Waals surface area contributed by atoms with Crippen LogP contribution in [0.4, 0.5) is 8.78 Å². The number of benzene rings is 2. The van der Waals surface area contributed by atoms with E-state index in [0.29, 0.717) is 12.0 Å². The SMILES string of the molecule is CCC(C(=O)C1C(=O)NCC1c1ccc(F)c(F)c1)c1ccccc1C. The maximum absolute atomic E-state index is 13.6. The minimum absolute atomic E-state index is 0.175. The second-order valence-electron chi connectivity index (χ2n) is 6.72. The summed E-state index contributed by atoms with van der Waals surface area (Å²) in [5, 5.41) is 2.70. The Labute approximate surface area is 151 Å². The Bertz CT molecular complexity index is 850. The van der Waals surface area contributed by atoms with Gasteiger partial charge in [0, 0.05) is 18.4 Å². The quantitative estimate of drug-likeness (QED) is 0.826. The lowest BCUT2D eigenvalue weighted by Gasteiger charge is -2.23. The normalized spacial score (nSPS) is 20.7. The monoisotopic (exact) mass is 357 g/mol. The van der Waals surface area contributed by atoms with E-state index in [4.69, 9.17) is 0 Å². The number of hydrogen-bond acceptors (Lipinski definition) is 2. The Balaban J connectivity index is 1.96. The van der Waals surface area contributed by atoms with Crippen LogP contribution in [0, 0.1) is 24.5 Å². The molecule has 2 aromatic rings. The van der Waals surface area contributed by atoms with Crippen LogP contribution in [0.2, 0.25) is 0 Å². The first kappa shape index (κ1) is 18.2. The Hall–Kier alpha value is -2.56. The van der Waals surface area contributed by atoms with Gasteiger partial charge in [0.15, 0.2) is 17.4 Å². The van der Waals surface area contributed by atoms with Gasteiger partial charge in [0.1, 0.15) is 5.92 Å². The van der Waals surface area contributed by atoms with E-state index in [9.17, 15) is 18.4 Å². The number of carbonyl (C=O) groups is 2. The minimum atomic E-state index is -0.973. The third-order valence-corrected chi connectivity index (χ3v) is 5.17. The first-order valence-corrected chi connectivity index (χ1v) is 8.76. The van der Waals surface area contributed by atoms with E-state index >= 15 is 0 Å². The molecule has 0 radical (unpaired) electrons. The molecule has 136 valence electrons. The highest BCUT2D eigenvalue weighted by Gasteiger charge is 2.43. The molecule has 5 heteroatoms. The predicted octanol–water partition coefficient (Wildman–Crippen LogP) is 3.87. The zero-order valence-electron chi connectivity index (χ0n) is 14.8. The van der Waals surface area contributed by atoms with E-state index in [1.807, 2.05) is 38.1 Å². The number of aryl methyl sites for hydroxylation is 1. The fourth-order valence-corrected chi connectivity index (χ4v) is 3.77. The summed E-state index contributed by atoms with van der Waals surface area (Å²) in [6.07, 6.45) is 0.567. The van der Waals surface area contributed by atoms with E-state index in [1.165, 1.54) is 6.07 Å². The van der Waals surface area contributed by atoms with Crippen molar-refractivity contribution in [3.05, 3.63) is 70.8 Å². The number of hydrogen-bond donors (Lipinski definition) is 1. The summed E-state index contributed by atoms with van der Waals surface area (Å²) in [5.41, 5.74) is 2.36. The summed E-state index contributed by atoms with van der Waals surface area (Å²) in [5.74, 6) is -4.24. The smallest absolute Gasteiger partial charge is 0.231 e. The third kappa shape index (κ3) is 3.26. The molecule has 1 heterocycles. The van der Waals surface area contributed by atoms with Gasteiger partial charge in [0.25, 0.3) is 0 Å². The van der Waals surface area contributed by atoms with Crippen molar-refractivity contribution < 1.29 is 18.4 Å². The third-order valence-electron chi connectivity index (χ3n) is 5.17. The number of halogens is 2. The molecule has 3 nitrogen and oxygen atoms in total. The highest BCUT2D eigenvalue weighted by Crippen LogP contribution is 2.36. The van der Waals surface area contributed by atoms with Crippen LogP contribution in [0.3, 0.4) is 0 Å². The van der Waals surface area contributed by atoms with Gasteiger partial charge in [-0.25, -0.2) is 8.78 Å². The summed E-state index contributed by atoms with van der Waals surface area (Å²) in [7, 11) is 0. The topological polar surface area (TPSA) is 46.2 Å². The van der Waals surface area contributed by atoms with Crippen molar-refractivity contribution >= 4 is 11.7 Å². The highest BCUT2D eigenvalue weighted by molar-refractivity contribution is 6.06. The van der Waals surface area contributed by atoms with Gasteiger partial charge in [-0.2, -0.15) is 0 Å². The Morgan fingerprint density at radius 2 is 1.92 bits per heavy atom. The lowest BCUT2D eigenvalue weighted by Crippen LogP contribution is -2.31. The van der Waals surface area contributed by atoms with Crippen LogP contribution in [0.5, 0.6) is 0 Å². The van der Waals surface area contributed by atoms with Crippen molar-refractivity contribution in [3.63, 3.8) is 0 Å². The molecule has 26 heavy (non-hydrogen) atoms. The van der Waals surface area contributed by atoms with Crippen LogP contribution in [-0.2, 0) is 9.59 Å². The fourth-order valence-electron chi connectivity index (χ4n) is 3.77. The van der Waals surface area contributed by atoms with Gasteiger partial charge in [-0.15, -0.1) is 0 Å². The highest BCUT2D eigenvalue weighted by atomic mass is 19.2. The second-order valence-corrected chi connectivity index (χ2v) is 6.72. The molecule has 2 aromatic carbocycles. The Morgan fingerprint density at radius 1 is 1.19 bits per heavy atom. The fraction of sp³-hybridized carbons (Fsp3) is 0.333. The number of Topliss-reactive ketones (excluding diaryl/α,β-unsaturated/α-hetero) is 1. The lowest BCUT2D eigenvalue weighted by atomic mass is 9.77. The van der Waals surface area contributed by atoms with Crippen molar-refractivity contribution in [1.29, 1.82) is 0 Å². The molecule has 0 bridgehead atoms. The molecular weight excluding hydrogens is 336 g/mol. The maximum atomic E-state index is 13.6. The average molecular weight is 357 g/mol. The van der Waals surface area contributed by atoms with Gasteiger partial charge in [0.2, 0.25) is 5.91 Å². The van der Waals surface area contributed by atoms with E-state index in [-0.39, 0.29) is 18.2 Å². The summed E-state index contributed by atoms with van der Waals surface area (Å²) < 4.78 is 26.9. The summed E-state index contributed by atoms with van der Waals surface area (Å²) in [6.45, 7) is 4.09. The lowest BCUT2D eigenvalue weighted by molar-refractivity contribution is -0.133.